The molecule has 6 nitrogen and oxygen atoms in total. The van der Waals surface area contributed by atoms with Crippen molar-refractivity contribution < 1.29 is 14.3 Å². The van der Waals surface area contributed by atoms with Crippen molar-refractivity contribution in [1.82, 2.24) is 9.80 Å². The predicted octanol–water partition coefficient (Wildman–Crippen LogP) is 5.37. The third-order valence-electron chi connectivity index (χ3n) is 10.3. The molecule has 0 bridgehead atoms. The Morgan fingerprint density at radius 1 is 1.31 bits per heavy atom. The van der Waals surface area contributed by atoms with Gasteiger partial charge in [-0.05, 0) is 74.1 Å². The number of likely N-dealkylation sites (N-methyl/N-ethyl adjacent to an activating group) is 1. The first-order valence-electron chi connectivity index (χ1n) is 15.1. The van der Waals surface area contributed by atoms with Crippen LogP contribution in [0.4, 0.5) is 0 Å². The molecule has 212 valence electrons. The summed E-state index contributed by atoms with van der Waals surface area (Å²) >= 11 is 0. The molecule has 0 N–H and O–H groups in total. The van der Waals surface area contributed by atoms with Gasteiger partial charge in [0.05, 0.1) is 6.10 Å². The number of hydrogen-bond donors (Lipinski definition) is 0. The maximum atomic E-state index is 13.5. The fourth-order valence-corrected chi connectivity index (χ4v) is 7.63. The maximum Gasteiger partial charge on any atom is 0.222 e. The Labute approximate surface area is 234 Å². The van der Waals surface area contributed by atoms with Gasteiger partial charge >= 0.3 is 0 Å². The summed E-state index contributed by atoms with van der Waals surface area (Å²) in [5, 5.41) is 0. The summed E-state index contributed by atoms with van der Waals surface area (Å²) in [7, 11) is 3.96. The van der Waals surface area contributed by atoms with Crippen LogP contribution in [-0.4, -0.2) is 73.3 Å². The Balaban J connectivity index is 1.26. The molecule has 1 amide bonds. The van der Waals surface area contributed by atoms with E-state index in [-0.39, 0.29) is 35.6 Å². The number of carbonyl (C=O) groups is 2. The molecule has 1 saturated carbocycles. The molecule has 0 aromatic rings. The minimum atomic E-state index is -0.138. The third kappa shape index (κ3) is 5.52. The van der Waals surface area contributed by atoms with Crippen LogP contribution in [0.5, 0.6) is 0 Å². The smallest absolute Gasteiger partial charge is 0.222 e. The van der Waals surface area contributed by atoms with E-state index in [9.17, 15) is 9.59 Å². The normalized spacial score (nSPS) is 35.2. The van der Waals surface area contributed by atoms with Gasteiger partial charge in [0.1, 0.15) is 11.9 Å². The standard InChI is InChI=1S/C33H47N3O3/c1-22-13-15-34-33(19-29(22)33)35(4)32(25-9-7-6-8-10-25)23(2)11-12-31(38)36-16-14-26-17-28(21-37)24(3)30(39-5)18-27(26)20-36/h7,9-10,15,17-18,21-24,26,29-30,32H,6,8,11-14,16,19-20H2,1-5H3/t22-,23-,24-,26?,29?,30?,32?,33-/m0/s1. The van der Waals surface area contributed by atoms with Crippen molar-refractivity contribution >= 4 is 18.4 Å². The number of aldehydes is 1. The lowest BCUT2D eigenvalue weighted by Gasteiger charge is -2.41. The molecule has 0 aromatic heterocycles. The van der Waals surface area contributed by atoms with E-state index in [0.29, 0.717) is 30.7 Å². The number of amides is 1. The lowest BCUT2D eigenvalue weighted by Crippen LogP contribution is -2.48. The first-order chi connectivity index (χ1) is 18.8. The molecule has 39 heavy (non-hydrogen) atoms. The zero-order valence-corrected chi connectivity index (χ0v) is 24.5. The molecule has 8 atom stereocenters. The van der Waals surface area contributed by atoms with E-state index in [4.69, 9.17) is 9.73 Å². The van der Waals surface area contributed by atoms with Crippen molar-refractivity contribution in [2.24, 2.45) is 34.6 Å². The molecule has 1 saturated heterocycles. The van der Waals surface area contributed by atoms with Crippen molar-refractivity contribution in [3.05, 3.63) is 47.1 Å². The second-order valence-electron chi connectivity index (χ2n) is 12.7. The highest BCUT2D eigenvalue weighted by molar-refractivity contribution is 5.77. The van der Waals surface area contributed by atoms with E-state index in [0.717, 1.165) is 56.9 Å². The molecule has 3 aliphatic carbocycles. The predicted molar refractivity (Wildman–Crippen MR) is 156 cm³/mol. The van der Waals surface area contributed by atoms with Gasteiger partial charge in [0.25, 0.3) is 0 Å². The molecule has 0 spiro atoms. The number of aliphatic imine (C=N–C) groups is 1. The molecular weight excluding hydrogens is 486 g/mol. The van der Waals surface area contributed by atoms with Gasteiger partial charge in [0.2, 0.25) is 5.91 Å². The molecule has 4 unspecified atom stereocenters. The van der Waals surface area contributed by atoms with Crippen LogP contribution >= 0.6 is 0 Å². The molecular formula is C33H47N3O3. The Hall–Kier alpha value is -2.31. The zero-order chi connectivity index (χ0) is 27.7. The molecule has 5 rings (SSSR count). The lowest BCUT2D eigenvalue weighted by molar-refractivity contribution is -0.132. The average Bonchev–Trinajstić information content (AvgIpc) is 3.73. The largest absolute Gasteiger partial charge is 0.377 e. The van der Waals surface area contributed by atoms with Crippen LogP contribution < -0.4 is 0 Å². The van der Waals surface area contributed by atoms with Crippen molar-refractivity contribution in [3.63, 3.8) is 0 Å². The maximum absolute atomic E-state index is 13.5. The second kappa shape index (κ2) is 11.7. The Kier molecular flexibility index (Phi) is 8.44. The molecule has 2 aliphatic heterocycles. The fraction of sp³-hybridized carbons (Fsp3) is 0.667. The molecule has 6 heteroatoms. The summed E-state index contributed by atoms with van der Waals surface area (Å²) in [6.07, 6.45) is 20.9. The highest BCUT2D eigenvalue weighted by Crippen LogP contribution is 2.57. The Morgan fingerprint density at radius 2 is 2.13 bits per heavy atom. The van der Waals surface area contributed by atoms with Crippen LogP contribution in [0.1, 0.15) is 65.7 Å². The van der Waals surface area contributed by atoms with Gasteiger partial charge in [0, 0.05) is 56.6 Å². The van der Waals surface area contributed by atoms with E-state index in [1.54, 1.807) is 7.11 Å². The lowest BCUT2D eigenvalue weighted by atomic mass is 9.85. The number of ether oxygens (including phenoxy) is 1. The van der Waals surface area contributed by atoms with E-state index < -0.39 is 0 Å². The van der Waals surface area contributed by atoms with Crippen LogP contribution in [0.25, 0.3) is 0 Å². The number of piperidine rings is 1. The summed E-state index contributed by atoms with van der Waals surface area (Å²) in [4.78, 5) is 34.8. The number of carbonyl (C=O) groups excluding carboxylic acids is 2. The van der Waals surface area contributed by atoms with Crippen LogP contribution in [0, 0.1) is 29.6 Å². The van der Waals surface area contributed by atoms with Crippen LogP contribution in [0.2, 0.25) is 0 Å². The van der Waals surface area contributed by atoms with Crippen molar-refractivity contribution in [1.29, 1.82) is 0 Å². The molecule has 0 aromatic carbocycles. The summed E-state index contributed by atoms with van der Waals surface area (Å²) < 4.78 is 5.71. The summed E-state index contributed by atoms with van der Waals surface area (Å²) in [6.45, 7) is 8.08. The Morgan fingerprint density at radius 3 is 2.85 bits per heavy atom. The first-order valence-corrected chi connectivity index (χ1v) is 15.1. The van der Waals surface area contributed by atoms with E-state index in [1.165, 1.54) is 11.1 Å². The summed E-state index contributed by atoms with van der Waals surface area (Å²) in [5.74, 6) is 2.12. The van der Waals surface area contributed by atoms with E-state index >= 15 is 0 Å². The van der Waals surface area contributed by atoms with Gasteiger partial charge in [-0.25, -0.2) is 0 Å². The summed E-state index contributed by atoms with van der Waals surface area (Å²) in [6, 6.07) is 0.257. The van der Waals surface area contributed by atoms with Gasteiger partial charge in [-0.15, -0.1) is 0 Å². The van der Waals surface area contributed by atoms with Crippen LogP contribution in [-0.2, 0) is 14.3 Å². The SMILES string of the molecule is COC1C=C2CN(C(=O)CC[C@H](C)C(C3=CCCC=C3)N(C)[C@@]34CC3[C@@H](C)CC=N4)CCC2C=C(C=O)[C@@H]1C. The number of hydrogen-bond acceptors (Lipinski definition) is 5. The van der Waals surface area contributed by atoms with Gasteiger partial charge in [-0.3, -0.25) is 19.5 Å². The van der Waals surface area contributed by atoms with Crippen molar-refractivity contribution in [2.75, 3.05) is 27.2 Å². The monoisotopic (exact) mass is 533 g/mol. The Bertz CT molecular complexity index is 1100. The van der Waals surface area contributed by atoms with Gasteiger partial charge in [-0.1, -0.05) is 51.2 Å². The molecule has 2 heterocycles. The van der Waals surface area contributed by atoms with Crippen LogP contribution in [0.15, 0.2) is 52.1 Å². The molecule has 2 fully saturated rings. The van der Waals surface area contributed by atoms with Crippen molar-refractivity contribution in [3.8, 4) is 0 Å². The zero-order valence-electron chi connectivity index (χ0n) is 24.5. The number of allylic oxidation sites excluding steroid dienone is 3. The number of methoxy groups -OCH3 is 1. The molecule has 5 aliphatic rings. The van der Waals surface area contributed by atoms with Gasteiger partial charge in [-0.2, -0.15) is 0 Å². The first kappa shape index (κ1) is 28.2. The number of nitrogens with zero attached hydrogens (tertiary/aromatic N) is 3. The number of fused-ring (bicyclic) bond motifs is 2. The third-order valence-corrected chi connectivity index (χ3v) is 10.3. The fourth-order valence-electron chi connectivity index (χ4n) is 7.63. The summed E-state index contributed by atoms with van der Waals surface area (Å²) in [5.41, 5.74) is 3.33. The topological polar surface area (TPSA) is 62.2 Å². The minimum Gasteiger partial charge on any atom is -0.377 e. The van der Waals surface area contributed by atoms with E-state index in [1.807, 2.05) is 11.8 Å². The van der Waals surface area contributed by atoms with Gasteiger partial charge < -0.3 is 9.64 Å². The average molecular weight is 534 g/mol. The minimum absolute atomic E-state index is 0.0229. The second-order valence-corrected chi connectivity index (χ2v) is 12.7. The highest BCUT2D eigenvalue weighted by Gasteiger charge is 2.62. The molecule has 0 radical (unpaired) electrons. The van der Waals surface area contributed by atoms with E-state index in [2.05, 4.69) is 62.4 Å². The van der Waals surface area contributed by atoms with Crippen LogP contribution in [0.3, 0.4) is 0 Å². The quantitative estimate of drug-likeness (QED) is 0.295. The number of likely N-dealkylation sites (tertiary alicyclic amines) is 1. The van der Waals surface area contributed by atoms with Gasteiger partial charge in [0.15, 0.2) is 0 Å². The van der Waals surface area contributed by atoms with Crippen molar-refractivity contribution in [2.45, 2.75) is 83.5 Å². The number of rotatable bonds is 9. The highest BCUT2D eigenvalue weighted by atomic mass is 16.5.